The summed E-state index contributed by atoms with van der Waals surface area (Å²) in [6, 6.07) is 9.15. The highest BCUT2D eigenvalue weighted by atomic mass is 16.7. The van der Waals surface area contributed by atoms with E-state index in [-0.39, 0.29) is 18.3 Å². The number of aryl methyl sites for hydroxylation is 1. The molecule has 140 valence electrons. The second kappa shape index (κ2) is 5.68. The fourth-order valence-corrected chi connectivity index (χ4v) is 4.95. The topological polar surface area (TPSA) is 31.4 Å². The Morgan fingerprint density at radius 1 is 0.963 bits per heavy atom. The van der Waals surface area contributed by atoms with E-state index >= 15 is 0 Å². The van der Waals surface area contributed by atoms with Crippen LogP contribution < -0.4 is 5.46 Å². The van der Waals surface area contributed by atoms with Crippen LogP contribution in [0.4, 0.5) is 0 Å². The maximum Gasteiger partial charge on any atom is 0.496 e. The molecule has 0 spiro atoms. The Labute approximate surface area is 162 Å². The zero-order valence-electron chi connectivity index (χ0n) is 17.0. The Kier molecular flexibility index (Phi) is 3.67. The van der Waals surface area contributed by atoms with Crippen LogP contribution in [0.3, 0.4) is 0 Å². The van der Waals surface area contributed by atoms with Crippen LogP contribution in [0.25, 0.3) is 11.3 Å². The quantitative estimate of drug-likeness (QED) is 0.726. The van der Waals surface area contributed by atoms with Gasteiger partial charge in [-0.1, -0.05) is 12.1 Å². The summed E-state index contributed by atoms with van der Waals surface area (Å²) < 4.78 is 12.4. The molecule has 1 saturated carbocycles. The zero-order chi connectivity index (χ0) is 19.0. The lowest BCUT2D eigenvalue weighted by molar-refractivity contribution is 0.00578. The van der Waals surface area contributed by atoms with Crippen molar-refractivity contribution in [1.82, 2.24) is 4.98 Å². The smallest absolute Gasteiger partial charge is 0.399 e. The normalized spacial score (nSPS) is 27.2. The molecule has 2 atom stereocenters. The Balaban J connectivity index is 1.46. The first-order valence-corrected chi connectivity index (χ1v) is 10.2. The summed E-state index contributed by atoms with van der Waals surface area (Å²) in [5.74, 6) is 1.58. The molecule has 1 aromatic carbocycles. The van der Waals surface area contributed by atoms with Crippen molar-refractivity contribution in [3.05, 3.63) is 47.2 Å². The van der Waals surface area contributed by atoms with Gasteiger partial charge in [-0.05, 0) is 94.5 Å². The van der Waals surface area contributed by atoms with Crippen molar-refractivity contribution in [1.29, 1.82) is 0 Å². The zero-order valence-corrected chi connectivity index (χ0v) is 17.0. The molecular formula is C23H28BNO2. The minimum atomic E-state index is -0.354. The molecule has 3 nitrogen and oxygen atoms in total. The molecular weight excluding hydrogens is 333 g/mol. The summed E-state index contributed by atoms with van der Waals surface area (Å²) in [7, 11) is -0.354. The van der Waals surface area contributed by atoms with Crippen LogP contribution in [0.2, 0.25) is 0 Å². The number of aromatic nitrogens is 1. The predicted molar refractivity (Wildman–Crippen MR) is 109 cm³/mol. The second-order valence-electron chi connectivity index (χ2n) is 9.56. The van der Waals surface area contributed by atoms with E-state index in [2.05, 4.69) is 58.9 Å². The Morgan fingerprint density at radius 3 is 2.30 bits per heavy atom. The molecule has 2 aliphatic carbocycles. The number of nitrogens with zero attached hydrogens (tertiary/aromatic N) is 1. The van der Waals surface area contributed by atoms with E-state index in [1.807, 2.05) is 6.20 Å². The highest BCUT2D eigenvalue weighted by Crippen LogP contribution is 2.53. The molecule has 3 aliphatic rings. The molecule has 27 heavy (non-hydrogen) atoms. The Hall–Kier alpha value is -1.65. The first kappa shape index (κ1) is 17.5. The summed E-state index contributed by atoms with van der Waals surface area (Å²) in [6.45, 7) is 10.5. The van der Waals surface area contributed by atoms with Gasteiger partial charge in [-0.3, -0.25) is 4.98 Å². The molecule has 0 N–H and O–H groups in total. The van der Waals surface area contributed by atoms with Crippen LogP contribution in [0.15, 0.2) is 30.5 Å². The SMILES string of the molecule is Cc1cc(-c2ccc3c(c2)C2CCC3C2)ncc1B1OC(C)(C)C(C)(C)O1. The number of benzene rings is 1. The first-order chi connectivity index (χ1) is 12.7. The summed E-state index contributed by atoms with van der Waals surface area (Å²) in [5, 5.41) is 0. The number of fused-ring (bicyclic) bond motifs is 5. The van der Waals surface area contributed by atoms with Crippen molar-refractivity contribution in [2.75, 3.05) is 0 Å². The lowest BCUT2D eigenvalue weighted by Gasteiger charge is -2.32. The number of hydrogen-bond donors (Lipinski definition) is 0. The molecule has 2 bridgehead atoms. The van der Waals surface area contributed by atoms with Crippen LogP contribution in [-0.2, 0) is 9.31 Å². The van der Waals surface area contributed by atoms with Gasteiger partial charge in [0, 0.05) is 17.2 Å². The van der Waals surface area contributed by atoms with E-state index in [0.29, 0.717) is 0 Å². The van der Waals surface area contributed by atoms with Gasteiger partial charge in [-0.25, -0.2) is 0 Å². The average Bonchev–Trinajstić information content (AvgIpc) is 3.27. The third-order valence-corrected chi connectivity index (χ3v) is 7.35. The lowest BCUT2D eigenvalue weighted by atomic mass is 9.77. The van der Waals surface area contributed by atoms with Gasteiger partial charge in [0.05, 0.1) is 16.9 Å². The molecule has 5 rings (SSSR count). The highest BCUT2D eigenvalue weighted by molar-refractivity contribution is 6.62. The monoisotopic (exact) mass is 361 g/mol. The van der Waals surface area contributed by atoms with Gasteiger partial charge < -0.3 is 9.31 Å². The van der Waals surface area contributed by atoms with E-state index in [0.717, 1.165) is 23.0 Å². The van der Waals surface area contributed by atoms with Crippen LogP contribution in [-0.4, -0.2) is 23.3 Å². The van der Waals surface area contributed by atoms with E-state index < -0.39 is 0 Å². The van der Waals surface area contributed by atoms with E-state index in [9.17, 15) is 0 Å². The van der Waals surface area contributed by atoms with Crippen molar-refractivity contribution < 1.29 is 9.31 Å². The predicted octanol–water partition coefficient (Wildman–Crippen LogP) is 4.72. The maximum absolute atomic E-state index is 6.21. The lowest BCUT2D eigenvalue weighted by Crippen LogP contribution is -2.41. The number of hydrogen-bond acceptors (Lipinski definition) is 3. The summed E-state index contributed by atoms with van der Waals surface area (Å²) >= 11 is 0. The fourth-order valence-electron chi connectivity index (χ4n) is 4.95. The third-order valence-electron chi connectivity index (χ3n) is 7.35. The average molecular weight is 361 g/mol. The Bertz CT molecular complexity index is 905. The summed E-state index contributed by atoms with van der Waals surface area (Å²) in [6.07, 6.45) is 6.02. The van der Waals surface area contributed by atoms with Gasteiger partial charge in [0.25, 0.3) is 0 Å². The number of rotatable bonds is 2. The van der Waals surface area contributed by atoms with Crippen LogP contribution in [0.1, 0.15) is 75.5 Å². The summed E-state index contributed by atoms with van der Waals surface area (Å²) in [5.41, 5.74) is 6.95. The molecule has 4 heteroatoms. The molecule has 2 unspecified atom stereocenters. The van der Waals surface area contributed by atoms with Gasteiger partial charge >= 0.3 is 7.12 Å². The molecule has 2 heterocycles. The largest absolute Gasteiger partial charge is 0.496 e. The van der Waals surface area contributed by atoms with E-state index in [1.54, 1.807) is 11.1 Å². The van der Waals surface area contributed by atoms with Gasteiger partial charge in [0.1, 0.15) is 0 Å². The van der Waals surface area contributed by atoms with Crippen LogP contribution in [0.5, 0.6) is 0 Å². The molecule has 1 aromatic heterocycles. The van der Waals surface area contributed by atoms with E-state index in [1.165, 1.54) is 30.4 Å². The van der Waals surface area contributed by atoms with Crippen LogP contribution >= 0.6 is 0 Å². The molecule has 1 aliphatic heterocycles. The van der Waals surface area contributed by atoms with Gasteiger partial charge in [-0.2, -0.15) is 0 Å². The van der Waals surface area contributed by atoms with E-state index in [4.69, 9.17) is 14.3 Å². The highest BCUT2D eigenvalue weighted by Gasteiger charge is 2.52. The van der Waals surface area contributed by atoms with Crippen molar-refractivity contribution >= 4 is 12.6 Å². The third kappa shape index (κ3) is 2.60. The second-order valence-corrected chi connectivity index (χ2v) is 9.56. The van der Waals surface area contributed by atoms with Crippen molar-refractivity contribution in [3.8, 4) is 11.3 Å². The standard InChI is InChI=1S/C23H28BNO2/c1-14-10-21(17-8-9-18-15-6-7-16(11-15)19(18)12-17)25-13-20(14)24-26-22(2,3)23(4,5)27-24/h8-10,12-13,15-16H,6-7,11H2,1-5H3. The maximum atomic E-state index is 6.21. The van der Waals surface area contributed by atoms with Crippen molar-refractivity contribution in [2.45, 2.75) is 76.9 Å². The fraction of sp³-hybridized carbons (Fsp3) is 0.522. The molecule has 2 aromatic rings. The van der Waals surface area contributed by atoms with Crippen molar-refractivity contribution in [2.24, 2.45) is 0 Å². The van der Waals surface area contributed by atoms with Crippen molar-refractivity contribution in [3.63, 3.8) is 0 Å². The van der Waals surface area contributed by atoms with Gasteiger partial charge in [0.15, 0.2) is 0 Å². The molecule has 0 radical (unpaired) electrons. The molecule has 2 fully saturated rings. The van der Waals surface area contributed by atoms with Gasteiger partial charge in [-0.15, -0.1) is 0 Å². The molecule has 1 saturated heterocycles. The number of pyridine rings is 1. The van der Waals surface area contributed by atoms with Gasteiger partial charge in [0.2, 0.25) is 0 Å². The summed E-state index contributed by atoms with van der Waals surface area (Å²) in [4.78, 5) is 4.78. The Morgan fingerprint density at radius 2 is 1.63 bits per heavy atom. The first-order valence-electron chi connectivity index (χ1n) is 10.2. The minimum absolute atomic E-state index is 0.331. The van der Waals surface area contributed by atoms with Crippen LogP contribution in [0, 0.1) is 6.92 Å². The minimum Gasteiger partial charge on any atom is -0.399 e. The molecule has 0 amide bonds.